The summed E-state index contributed by atoms with van der Waals surface area (Å²) < 4.78 is 0. The fourth-order valence-electron chi connectivity index (χ4n) is 3.46. The number of aromatic hydroxyl groups is 1. The molecule has 0 saturated heterocycles. The summed E-state index contributed by atoms with van der Waals surface area (Å²) in [4.78, 5) is 11.0. The van der Waals surface area contributed by atoms with Gasteiger partial charge in [-0.25, -0.2) is 0 Å². The molecule has 2 heterocycles. The van der Waals surface area contributed by atoms with Gasteiger partial charge in [-0.2, -0.15) is 0 Å². The molecule has 0 amide bonds. The summed E-state index contributed by atoms with van der Waals surface area (Å²) >= 11 is 0. The number of para-hydroxylation sites is 1. The number of rotatable bonds is 2. The smallest absolute Gasteiger partial charge is 0.306 e. The fourth-order valence-corrected chi connectivity index (χ4v) is 3.46. The molecule has 1 saturated carbocycles. The van der Waals surface area contributed by atoms with Crippen molar-refractivity contribution in [1.82, 2.24) is 10.2 Å². The number of hydrogen-bond donors (Lipinski definition) is 3. The van der Waals surface area contributed by atoms with Crippen LogP contribution in [0.3, 0.4) is 0 Å². The van der Waals surface area contributed by atoms with Crippen LogP contribution in [0.1, 0.15) is 18.4 Å². The predicted molar refractivity (Wildman–Crippen MR) is 79.6 cm³/mol. The van der Waals surface area contributed by atoms with Crippen molar-refractivity contribution in [2.24, 2.45) is 5.92 Å². The number of aromatic nitrogens is 2. The number of carbonyl (C=O) groups is 1. The Labute approximate surface area is 126 Å². The van der Waals surface area contributed by atoms with E-state index in [0.717, 1.165) is 17.8 Å². The summed E-state index contributed by atoms with van der Waals surface area (Å²) in [5.74, 6) is -0.105. The lowest BCUT2D eigenvalue weighted by atomic mass is 9.67. The number of aliphatic carboxylic acids is 1. The number of fused-ring (bicyclic) bond motifs is 1. The third-order valence-corrected chi connectivity index (χ3v) is 4.59. The third kappa shape index (κ3) is 1.91. The van der Waals surface area contributed by atoms with Gasteiger partial charge in [-0.15, -0.1) is 10.2 Å². The molecule has 2 aliphatic rings. The van der Waals surface area contributed by atoms with Crippen molar-refractivity contribution in [3.63, 3.8) is 0 Å². The summed E-state index contributed by atoms with van der Waals surface area (Å²) in [5, 5.41) is 30.7. The van der Waals surface area contributed by atoms with Crippen LogP contribution in [-0.4, -0.2) is 31.9 Å². The Hall–Kier alpha value is -2.63. The molecule has 0 bridgehead atoms. The molecule has 2 aromatic rings. The number of nitrogens with one attached hydrogen (secondary N) is 1. The van der Waals surface area contributed by atoms with Gasteiger partial charge < -0.3 is 15.5 Å². The topological polar surface area (TPSA) is 95.3 Å². The summed E-state index contributed by atoms with van der Waals surface area (Å²) in [6.45, 7) is 0. The summed E-state index contributed by atoms with van der Waals surface area (Å²) in [7, 11) is 0. The van der Waals surface area contributed by atoms with Crippen LogP contribution in [0.2, 0.25) is 0 Å². The Morgan fingerprint density at radius 1 is 1.27 bits per heavy atom. The highest BCUT2D eigenvalue weighted by Gasteiger charge is 2.51. The molecule has 0 radical (unpaired) electrons. The van der Waals surface area contributed by atoms with E-state index >= 15 is 0 Å². The van der Waals surface area contributed by atoms with Gasteiger partial charge in [0.2, 0.25) is 0 Å². The first-order valence-corrected chi connectivity index (χ1v) is 7.22. The quantitative estimate of drug-likeness (QED) is 0.785. The van der Waals surface area contributed by atoms with Crippen LogP contribution >= 0.6 is 0 Å². The predicted octanol–water partition coefficient (Wildman–Crippen LogP) is 2.05. The standard InChI is InChI=1S/C16H15N3O3/c20-13-4-2-1-3-11(13)12-5-9-6-16(17-14(9)19-18-12)7-10(8-16)15(21)22/h1-5,10,20H,6-8H2,(H,17,19)(H,21,22)/t10-,16+. The molecule has 6 heteroatoms. The van der Waals surface area contributed by atoms with Gasteiger partial charge in [0.05, 0.1) is 11.6 Å². The van der Waals surface area contributed by atoms with Crippen molar-refractivity contribution in [3.8, 4) is 17.0 Å². The molecule has 0 atom stereocenters. The van der Waals surface area contributed by atoms with E-state index < -0.39 is 5.97 Å². The maximum Gasteiger partial charge on any atom is 0.306 e. The zero-order valence-corrected chi connectivity index (χ0v) is 11.8. The number of phenols is 1. The van der Waals surface area contributed by atoms with Crippen molar-refractivity contribution >= 4 is 11.8 Å². The van der Waals surface area contributed by atoms with Crippen molar-refractivity contribution in [2.75, 3.05) is 5.32 Å². The third-order valence-electron chi connectivity index (χ3n) is 4.59. The molecule has 1 aliphatic carbocycles. The Balaban J connectivity index is 1.61. The maximum atomic E-state index is 11.0. The van der Waals surface area contributed by atoms with Crippen LogP contribution in [0.4, 0.5) is 5.82 Å². The Morgan fingerprint density at radius 3 is 2.77 bits per heavy atom. The van der Waals surface area contributed by atoms with Gasteiger partial charge in [-0.05, 0) is 37.5 Å². The monoisotopic (exact) mass is 297 g/mol. The lowest BCUT2D eigenvalue weighted by molar-refractivity contribution is -0.146. The molecular weight excluding hydrogens is 282 g/mol. The van der Waals surface area contributed by atoms with Gasteiger partial charge >= 0.3 is 5.97 Å². The van der Waals surface area contributed by atoms with Crippen molar-refractivity contribution in [2.45, 2.75) is 24.8 Å². The average molecular weight is 297 g/mol. The molecule has 3 N–H and O–H groups in total. The van der Waals surface area contributed by atoms with Crippen molar-refractivity contribution in [1.29, 1.82) is 0 Å². The Bertz CT molecular complexity index is 769. The van der Waals surface area contributed by atoms with E-state index in [1.807, 2.05) is 12.1 Å². The zero-order valence-electron chi connectivity index (χ0n) is 11.8. The van der Waals surface area contributed by atoms with Crippen LogP contribution in [0.15, 0.2) is 30.3 Å². The number of nitrogens with zero attached hydrogens (tertiary/aromatic N) is 2. The van der Waals surface area contributed by atoms with Crippen LogP contribution in [0.25, 0.3) is 11.3 Å². The lowest BCUT2D eigenvalue weighted by Gasteiger charge is -2.43. The molecule has 1 spiro atoms. The first-order valence-electron chi connectivity index (χ1n) is 7.22. The highest BCUT2D eigenvalue weighted by molar-refractivity contribution is 5.74. The van der Waals surface area contributed by atoms with Gasteiger partial charge in [0.15, 0.2) is 5.82 Å². The zero-order chi connectivity index (χ0) is 15.3. The number of carboxylic acid groups (broad SMARTS) is 1. The van der Waals surface area contributed by atoms with Crippen molar-refractivity contribution in [3.05, 3.63) is 35.9 Å². The molecule has 1 aromatic heterocycles. The molecule has 1 aliphatic heterocycles. The molecule has 6 nitrogen and oxygen atoms in total. The second-order valence-electron chi connectivity index (χ2n) is 6.15. The summed E-state index contributed by atoms with van der Waals surface area (Å²) in [5.41, 5.74) is 2.12. The molecule has 112 valence electrons. The van der Waals surface area contributed by atoms with E-state index in [-0.39, 0.29) is 17.2 Å². The van der Waals surface area contributed by atoms with Crippen molar-refractivity contribution < 1.29 is 15.0 Å². The molecule has 1 aromatic carbocycles. The van der Waals surface area contributed by atoms with E-state index in [9.17, 15) is 9.90 Å². The van der Waals surface area contributed by atoms with E-state index in [2.05, 4.69) is 15.5 Å². The highest BCUT2D eigenvalue weighted by Crippen LogP contribution is 2.47. The second kappa shape index (κ2) is 4.43. The first kappa shape index (κ1) is 13.1. The summed E-state index contributed by atoms with van der Waals surface area (Å²) in [6.07, 6.45) is 1.98. The summed E-state index contributed by atoms with van der Waals surface area (Å²) in [6, 6.07) is 8.94. The van der Waals surface area contributed by atoms with E-state index in [1.54, 1.807) is 18.2 Å². The minimum Gasteiger partial charge on any atom is -0.507 e. The average Bonchev–Trinajstić information content (AvgIpc) is 2.84. The van der Waals surface area contributed by atoms with Gasteiger partial charge in [-0.3, -0.25) is 4.79 Å². The lowest BCUT2D eigenvalue weighted by Crippen LogP contribution is -2.51. The second-order valence-corrected chi connectivity index (χ2v) is 6.15. The van der Waals surface area contributed by atoms with Crippen LogP contribution in [0.5, 0.6) is 5.75 Å². The normalized spacial score (nSPS) is 25.4. The van der Waals surface area contributed by atoms with E-state index in [1.165, 1.54) is 0 Å². The Kier molecular flexibility index (Phi) is 2.63. The van der Waals surface area contributed by atoms with Gasteiger partial charge in [-0.1, -0.05) is 12.1 Å². The molecule has 22 heavy (non-hydrogen) atoms. The molecule has 1 fully saturated rings. The van der Waals surface area contributed by atoms with Crippen LogP contribution in [-0.2, 0) is 11.2 Å². The SMILES string of the molecule is O=C(O)[C@H]1C[C@]2(Cc3cc(-c4ccccc4O)nnc3N2)C1. The van der Waals surface area contributed by atoms with Gasteiger partial charge in [0, 0.05) is 16.7 Å². The molecule has 0 unspecified atom stereocenters. The minimum atomic E-state index is -0.732. The number of benzene rings is 1. The highest BCUT2D eigenvalue weighted by atomic mass is 16.4. The first-order chi connectivity index (χ1) is 10.6. The minimum absolute atomic E-state index is 0.173. The van der Waals surface area contributed by atoms with Crippen LogP contribution < -0.4 is 5.32 Å². The largest absolute Gasteiger partial charge is 0.507 e. The van der Waals surface area contributed by atoms with Gasteiger partial charge in [0.25, 0.3) is 0 Å². The number of carboxylic acids is 1. The number of anilines is 1. The number of hydrogen-bond acceptors (Lipinski definition) is 5. The molecular formula is C16H15N3O3. The van der Waals surface area contributed by atoms with E-state index in [4.69, 9.17) is 5.11 Å². The van der Waals surface area contributed by atoms with Crippen LogP contribution in [0, 0.1) is 5.92 Å². The fraction of sp³-hybridized carbons (Fsp3) is 0.312. The van der Waals surface area contributed by atoms with E-state index in [0.29, 0.717) is 24.1 Å². The van der Waals surface area contributed by atoms with Gasteiger partial charge in [0.1, 0.15) is 5.75 Å². The molecule has 4 rings (SSSR count). The maximum absolute atomic E-state index is 11.0. The number of phenolic OH excluding ortho intramolecular Hbond substituents is 1. The Morgan fingerprint density at radius 2 is 2.05 bits per heavy atom.